The van der Waals surface area contributed by atoms with Crippen LogP contribution in [0, 0.1) is 11.8 Å². The molecule has 0 aromatic heterocycles. The third-order valence-corrected chi connectivity index (χ3v) is 2.56. The zero-order valence-corrected chi connectivity index (χ0v) is 11.6. The van der Waals surface area contributed by atoms with Crippen LogP contribution in [0.25, 0.3) is 0 Å². The topological polar surface area (TPSA) is 52.6 Å². The van der Waals surface area contributed by atoms with Gasteiger partial charge in [0.1, 0.15) is 6.61 Å². The highest BCUT2D eigenvalue weighted by molar-refractivity contribution is 5.78. The molecule has 0 aliphatic heterocycles. The van der Waals surface area contributed by atoms with Crippen molar-refractivity contribution in [3.63, 3.8) is 0 Å². The third-order valence-electron chi connectivity index (χ3n) is 2.56. The van der Waals surface area contributed by atoms with Gasteiger partial charge in [0.25, 0.3) is 0 Å². The Hall–Kier alpha value is -1.83. The van der Waals surface area contributed by atoms with Crippen LogP contribution in [0.3, 0.4) is 0 Å². The van der Waals surface area contributed by atoms with Gasteiger partial charge in [0.05, 0.1) is 12.6 Å². The van der Waals surface area contributed by atoms with Gasteiger partial charge in [0.15, 0.2) is 0 Å². The second kappa shape index (κ2) is 7.57. The predicted octanol–water partition coefficient (Wildman–Crippen LogP) is 0.769. The van der Waals surface area contributed by atoms with E-state index in [1.165, 1.54) is 0 Å². The first-order chi connectivity index (χ1) is 9.02. The van der Waals surface area contributed by atoms with Gasteiger partial charge in [0, 0.05) is 5.56 Å². The molecule has 4 nitrogen and oxygen atoms in total. The van der Waals surface area contributed by atoms with Crippen LogP contribution in [0.1, 0.15) is 24.1 Å². The third kappa shape index (κ3) is 5.56. The van der Waals surface area contributed by atoms with E-state index in [4.69, 9.17) is 5.11 Å². The van der Waals surface area contributed by atoms with Crippen LogP contribution in [0.4, 0.5) is 0 Å². The maximum atomic E-state index is 11.6. The first-order valence-electron chi connectivity index (χ1n) is 6.16. The minimum atomic E-state index is -0.140. The molecule has 0 aliphatic carbocycles. The summed E-state index contributed by atoms with van der Waals surface area (Å²) in [6.45, 7) is 2.19. The van der Waals surface area contributed by atoms with Gasteiger partial charge in [-0.15, -0.1) is 0 Å². The maximum Gasteiger partial charge on any atom is 0.234 e. The lowest BCUT2D eigenvalue weighted by Crippen LogP contribution is -2.34. The summed E-state index contributed by atoms with van der Waals surface area (Å²) in [5, 5.41) is 11.5. The molecule has 0 saturated heterocycles. The van der Waals surface area contributed by atoms with Gasteiger partial charge in [-0.2, -0.15) is 0 Å². The number of aliphatic hydroxyl groups is 1. The van der Waals surface area contributed by atoms with Crippen molar-refractivity contribution < 1.29 is 9.90 Å². The fraction of sp³-hybridized carbons (Fsp3) is 0.400. The van der Waals surface area contributed by atoms with Crippen molar-refractivity contribution in [1.82, 2.24) is 10.2 Å². The second-order valence-electron chi connectivity index (χ2n) is 4.61. The molecule has 0 fully saturated rings. The summed E-state index contributed by atoms with van der Waals surface area (Å²) in [7, 11) is 3.72. The number of carbonyl (C=O) groups excluding carboxylic acids is 1. The van der Waals surface area contributed by atoms with Crippen LogP contribution in [0.5, 0.6) is 0 Å². The molecule has 0 bridgehead atoms. The van der Waals surface area contributed by atoms with Crippen molar-refractivity contribution in [1.29, 1.82) is 0 Å². The quantitative estimate of drug-likeness (QED) is 0.786. The number of carbonyl (C=O) groups is 1. The van der Waals surface area contributed by atoms with Gasteiger partial charge in [0.2, 0.25) is 5.91 Å². The summed E-state index contributed by atoms with van der Waals surface area (Å²) in [6.07, 6.45) is 0. The minimum Gasteiger partial charge on any atom is -0.384 e. The Labute approximate surface area is 114 Å². The Morgan fingerprint density at radius 2 is 2.00 bits per heavy atom. The van der Waals surface area contributed by atoms with E-state index in [9.17, 15) is 4.79 Å². The van der Waals surface area contributed by atoms with Gasteiger partial charge in [-0.05, 0) is 38.7 Å². The highest BCUT2D eigenvalue weighted by Crippen LogP contribution is 2.12. The van der Waals surface area contributed by atoms with Gasteiger partial charge in [-0.3, -0.25) is 4.79 Å². The average Bonchev–Trinajstić information content (AvgIpc) is 2.35. The Kier molecular flexibility index (Phi) is 6.07. The Morgan fingerprint density at radius 1 is 1.37 bits per heavy atom. The molecule has 4 heteroatoms. The van der Waals surface area contributed by atoms with E-state index < -0.39 is 0 Å². The largest absolute Gasteiger partial charge is 0.384 e. The SMILES string of the molecule is CC(NC(=O)CN(C)C)c1ccc(C#CCO)cc1. The Morgan fingerprint density at radius 3 is 2.53 bits per heavy atom. The fourth-order valence-electron chi connectivity index (χ4n) is 1.65. The van der Waals surface area contributed by atoms with Crippen LogP contribution < -0.4 is 5.32 Å². The van der Waals surface area contributed by atoms with Gasteiger partial charge in [-0.1, -0.05) is 24.0 Å². The van der Waals surface area contributed by atoms with E-state index >= 15 is 0 Å². The summed E-state index contributed by atoms with van der Waals surface area (Å²) in [4.78, 5) is 13.5. The van der Waals surface area contributed by atoms with Crippen molar-refractivity contribution in [3.8, 4) is 11.8 Å². The van der Waals surface area contributed by atoms with Crippen molar-refractivity contribution in [2.45, 2.75) is 13.0 Å². The molecule has 1 aromatic rings. The van der Waals surface area contributed by atoms with Crippen molar-refractivity contribution in [2.75, 3.05) is 27.2 Å². The molecule has 1 atom stereocenters. The second-order valence-corrected chi connectivity index (χ2v) is 4.61. The lowest BCUT2D eigenvalue weighted by molar-refractivity contribution is -0.122. The molecule has 102 valence electrons. The zero-order valence-electron chi connectivity index (χ0n) is 11.6. The first-order valence-corrected chi connectivity index (χ1v) is 6.16. The molecule has 1 amide bonds. The van der Waals surface area contributed by atoms with E-state index in [1.54, 1.807) is 0 Å². The highest BCUT2D eigenvalue weighted by Gasteiger charge is 2.09. The Bertz CT molecular complexity index is 469. The molecule has 0 heterocycles. The highest BCUT2D eigenvalue weighted by atomic mass is 16.2. The van der Waals surface area contributed by atoms with Crippen LogP contribution in [0.2, 0.25) is 0 Å². The fourth-order valence-corrected chi connectivity index (χ4v) is 1.65. The van der Waals surface area contributed by atoms with Gasteiger partial charge < -0.3 is 15.3 Å². The zero-order chi connectivity index (χ0) is 14.3. The molecule has 0 spiro atoms. The number of aliphatic hydroxyl groups excluding tert-OH is 1. The number of likely N-dealkylation sites (N-methyl/N-ethyl adjacent to an activating group) is 1. The molecule has 19 heavy (non-hydrogen) atoms. The first kappa shape index (κ1) is 15.2. The summed E-state index contributed by atoms with van der Waals surface area (Å²) in [6, 6.07) is 7.59. The lowest BCUT2D eigenvalue weighted by Gasteiger charge is -2.16. The van der Waals surface area contributed by atoms with Crippen molar-refractivity contribution in [3.05, 3.63) is 35.4 Å². The predicted molar refractivity (Wildman–Crippen MR) is 75.5 cm³/mol. The maximum absolute atomic E-state index is 11.6. The number of benzene rings is 1. The van der Waals surface area contributed by atoms with Crippen molar-refractivity contribution in [2.24, 2.45) is 0 Å². The molecule has 1 unspecified atom stereocenters. The number of hydrogen-bond acceptors (Lipinski definition) is 3. The lowest BCUT2D eigenvalue weighted by atomic mass is 10.1. The van der Waals surface area contributed by atoms with E-state index in [-0.39, 0.29) is 18.6 Å². The monoisotopic (exact) mass is 260 g/mol. The van der Waals surface area contributed by atoms with Crippen LogP contribution in [-0.4, -0.2) is 43.2 Å². The van der Waals surface area contributed by atoms with E-state index in [2.05, 4.69) is 17.2 Å². The molecule has 1 aromatic carbocycles. The average molecular weight is 260 g/mol. The summed E-state index contributed by atoms with van der Waals surface area (Å²) in [5.41, 5.74) is 1.88. The van der Waals surface area contributed by atoms with Crippen LogP contribution in [-0.2, 0) is 4.79 Å². The summed E-state index contributed by atoms with van der Waals surface area (Å²) >= 11 is 0. The van der Waals surface area contributed by atoms with Gasteiger partial charge in [-0.25, -0.2) is 0 Å². The van der Waals surface area contributed by atoms with Crippen molar-refractivity contribution >= 4 is 5.91 Å². The van der Waals surface area contributed by atoms with Crippen LogP contribution in [0.15, 0.2) is 24.3 Å². The standard InChI is InChI=1S/C15H20N2O2/c1-12(16-15(19)11-17(2)3)14-8-6-13(7-9-14)5-4-10-18/h6-9,12,18H,10-11H2,1-3H3,(H,16,19). The molecular formula is C15H20N2O2. The minimum absolute atomic E-state index is 0.00153. The summed E-state index contributed by atoms with van der Waals surface area (Å²) < 4.78 is 0. The van der Waals surface area contributed by atoms with Gasteiger partial charge >= 0.3 is 0 Å². The normalized spacial score (nSPS) is 11.6. The number of rotatable bonds is 4. The molecule has 0 aliphatic rings. The Balaban J connectivity index is 2.62. The molecule has 1 rings (SSSR count). The van der Waals surface area contributed by atoms with E-state index in [0.29, 0.717) is 6.54 Å². The smallest absolute Gasteiger partial charge is 0.234 e. The molecule has 2 N–H and O–H groups in total. The number of nitrogens with zero attached hydrogens (tertiary/aromatic N) is 1. The van der Waals surface area contributed by atoms with E-state index in [1.807, 2.05) is 50.2 Å². The number of nitrogens with one attached hydrogen (secondary N) is 1. The van der Waals surface area contributed by atoms with E-state index in [0.717, 1.165) is 11.1 Å². The van der Waals surface area contributed by atoms with Crippen LogP contribution >= 0.6 is 0 Å². The molecule has 0 radical (unpaired) electrons. The summed E-state index contributed by atoms with van der Waals surface area (Å²) in [5.74, 6) is 5.43. The number of hydrogen-bond donors (Lipinski definition) is 2. The molecule has 0 saturated carbocycles. The molecular weight excluding hydrogens is 240 g/mol. The number of amides is 1.